The van der Waals surface area contributed by atoms with Gasteiger partial charge in [0.15, 0.2) is 0 Å². The van der Waals surface area contributed by atoms with Crippen LogP contribution in [0.15, 0.2) is 42.6 Å². The molecule has 2 aromatic heterocycles. The second-order valence-corrected chi connectivity index (χ2v) is 14.8. The lowest BCUT2D eigenvalue weighted by atomic mass is 10.2. The van der Waals surface area contributed by atoms with E-state index in [4.69, 9.17) is 15.2 Å². The highest BCUT2D eigenvalue weighted by Gasteiger charge is 2.18. The molecule has 0 atom stereocenters. The molecule has 31 heavy (non-hydrogen) atoms. The van der Waals surface area contributed by atoms with Crippen LogP contribution in [0.25, 0.3) is 11.0 Å². The summed E-state index contributed by atoms with van der Waals surface area (Å²) in [5.74, 6) is 0.900. The Kier molecular flexibility index (Phi) is 7.02. The zero-order chi connectivity index (χ0) is 22.6. The van der Waals surface area contributed by atoms with E-state index in [1.54, 1.807) is 24.4 Å². The Bertz CT molecular complexity index is 1060. The van der Waals surface area contributed by atoms with Gasteiger partial charge in [-0.1, -0.05) is 25.7 Å². The molecule has 8 heteroatoms. The molecule has 0 saturated carbocycles. The highest BCUT2D eigenvalue weighted by molar-refractivity contribution is 6.76. The summed E-state index contributed by atoms with van der Waals surface area (Å²) in [6, 6.07) is 11.9. The van der Waals surface area contributed by atoms with Crippen LogP contribution >= 0.6 is 0 Å². The van der Waals surface area contributed by atoms with Gasteiger partial charge in [0.1, 0.15) is 18.1 Å². The van der Waals surface area contributed by atoms with Crippen LogP contribution in [0, 0.1) is 0 Å². The van der Waals surface area contributed by atoms with Crippen molar-refractivity contribution in [3.8, 4) is 11.6 Å². The summed E-state index contributed by atoms with van der Waals surface area (Å²) < 4.78 is 13.7. The molecule has 0 bridgehead atoms. The summed E-state index contributed by atoms with van der Waals surface area (Å²) in [7, 11) is -1.18. The molecule has 1 aromatic carbocycles. The van der Waals surface area contributed by atoms with Crippen molar-refractivity contribution in [3.63, 3.8) is 0 Å². The third kappa shape index (κ3) is 6.32. The normalized spacial score (nSPS) is 11.8. The van der Waals surface area contributed by atoms with Gasteiger partial charge >= 0.3 is 0 Å². The summed E-state index contributed by atoms with van der Waals surface area (Å²) in [4.78, 5) is 17.4. The molecule has 2 heterocycles. The summed E-state index contributed by atoms with van der Waals surface area (Å²) in [5, 5.41) is 3.71. The number of fused-ring (bicyclic) bond motifs is 1. The number of benzene rings is 1. The maximum absolute atomic E-state index is 12.7. The Morgan fingerprint density at radius 1 is 1.23 bits per heavy atom. The first-order valence-electron chi connectivity index (χ1n) is 10.5. The van der Waals surface area contributed by atoms with Crippen LogP contribution in [0.3, 0.4) is 0 Å². The van der Waals surface area contributed by atoms with Crippen molar-refractivity contribution in [2.24, 2.45) is 0 Å². The molecule has 0 aliphatic heterocycles. The monoisotopic (exact) mass is 440 g/mol. The molecule has 0 unspecified atom stereocenters. The van der Waals surface area contributed by atoms with E-state index in [9.17, 15) is 4.79 Å². The van der Waals surface area contributed by atoms with Gasteiger partial charge < -0.3 is 25.1 Å². The molecular weight excluding hydrogens is 408 g/mol. The molecule has 0 aliphatic rings. The van der Waals surface area contributed by atoms with Crippen LogP contribution in [0.1, 0.15) is 24.2 Å². The van der Waals surface area contributed by atoms with E-state index >= 15 is 0 Å². The van der Waals surface area contributed by atoms with Crippen molar-refractivity contribution in [3.05, 3.63) is 48.2 Å². The smallest absolute Gasteiger partial charge is 0.253 e. The van der Waals surface area contributed by atoms with Crippen LogP contribution in [-0.2, 0) is 11.5 Å². The second-order valence-electron chi connectivity index (χ2n) is 9.18. The predicted octanol–water partition coefficient (Wildman–Crippen LogP) is 4.86. The van der Waals surface area contributed by atoms with Crippen molar-refractivity contribution in [1.29, 1.82) is 0 Å². The van der Waals surface area contributed by atoms with Crippen molar-refractivity contribution in [2.45, 2.75) is 52.3 Å². The first-order chi connectivity index (χ1) is 14.6. The summed E-state index contributed by atoms with van der Waals surface area (Å²) in [6.07, 6.45) is 1.80. The molecule has 7 nitrogen and oxygen atoms in total. The SMILES string of the molecule is CC(C)NC(=O)c1cn(COCC[Si](C)(C)C)c2nc(Oc3cccc(N)c3)ccc12. The predicted molar refractivity (Wildman–Crippen MR) is 127 cm³/mol. The number of anilines is 1. The highest BCUT2D eigenvalue weighted by atomic mass is 28.3. The number of hydrogen-bond donors (Lipinski definition) is 2. The van der Waals surface area contributed by atoms with E-state index in [1.807, 2.05) is 36.6 Å². The van der Waals surface area contributed by atoms with Gasteiger partial charge in [0.25, 0.3) is 5.91 Å². The van der Waals surface area contributed by atoms with E-state index < -0.39 is 8.07 Å². The first kappa shape index (κ1) is 22.8. The number of ether oxygens (including phenoxy) is 2. The largest absolute Gasteiger partial charge is 0.439 e. The zero-order valence-electron chi connectivity index (χ0n) is 18.9. The molecule has 0 radical (unpaired) electrons. The number of nitrogens with one attached hydrogen (secondary N) is 1. The minimum Gasteiger partial charge on any atom is -0.439 e. The van der Waals surface area contributed by atoms with E-state index in [-0.39, 0.29) is 11.9 Å². The molecule has 0 fully saturated rings. The number of hydrogen-bond acceptors (Lipinski definition) is 5. The standard InChI is InChI=1S/C23H32N4O3Si/c1-16(2)25-23(28)20-14-27(15-29-11-12-31(3,4)5)22-19(20)9-10-21(26-22)30-18-8-6-7-17(24)13-18/h6-10,13-14,16H,11-12,15,24H2,1-5H3,(H,25,28). The summed E-state index contributed by atoms with van der Waals surface area (Å²) >= 11 is 0. The Morgan fingerprint density at radius 2 is 2.00 bits per heavy atom. The summed E-state index contributed by atoms with van der Waals surface area (Å²) in [5.41, 5.74) is 7.67. The number of carbonyl (C=O) groups excluding carboxylic acids is 1. The highest BCUT2D eigenvalue weighted by Crippen LogP contribution is 2.27. The van der Waals surface area contributed by atoms with Crippen molar-refractivity contribution >= 4 is 30.7 Å². The van der Waals surface area contributed by atoms with Crippen molar-refractivity contribution < 1.29 is 14.3 Å². The van der Waals surface area contributed by atoms with Gasteiger partial charge in [0, 0.05) is 50.1 Å². The van der Waals surface area contributed by atoms with Crippen LogP contribution in [-0.4, -0.2) is 36.2 Å². The molecule has 0 spiro atoms. The fraction of sp³-hybridized carbons (Fsp3) is 0.391. The minimum atomic E-state index is -1.18. The minimum absolute atomic E-state index is 0.0398. The van der Waals surface area contributed by atoms with Gasteiger partial charge in [-0.05, 0) is 38.1 Å². The maximum atomic E-state index is 12.7. The van der Waals surface area contributed by atoms with Gasteiger partial charge in [-0.2, -0.15) is 4.98 Å². The van der Waals surface area contributed by atoms with E-state index in [0.29, 0.717) is 41.9 Å². The molecule has 3 N–H and O–H groups in total. The average Bonchev–Trinajstić information content (AvgIpc) is 3.02. The Labute approximate surface area is 184 Å². The lowest BCUT2D eigenvalue weighted by molar-refractivity contribution is 0.0890. The quantitative estimate of drug-likeness (QED) is 0.282. The Morgan fingerprint density at radius 3 is 2.68 bits per heavy atom. The third-order valence-electron chi connectivity index (χ3n) is 4.67. The number of aromatic nitrogens is 2. The van der Waals surface area contributed by atoms with E-state index in [1.165, 1.54) is 0 Å². The van der Waals surface area contributed by atoms with E-state index in [2.05, 4.69) is 29.9 Å². The average molecular weight is 441 g/mol. The lowest BCUT2D eigenvalue weighted by Crippen LogP contribution is -2.29. The fourth-order valence-electron chi connectivity index (χ4n) is 3.06. The lowest BCUT2D eigenvalue weighted by Gasteiger charge is -2.15. The molecular formula is C23H32N4O3Si. The number of amides is 1. The molecule has 3 rings (SSSR count). The number of rotatable bonds is 9. The maximum Gasteiger partial charge on any atom is 0.253 e. The Hall–Kier alpha value is -2.84. The van der Waals surface area contributed by atoms with Crippen LogP contribution < -0.4 is 15.8 Å². The van der Waals surface area contributed by atoms with E-state index in [0.717, 1.165) is 11.4 Å². The number of pyridine rings is 1. The third-order valence-corrected chi connectivity index (χ3v) is 6.37. The molecule has 1 amide bonds. The van der Waals surface area contributed by atoms with Crippen molar-refractivity contribution in [1.82, 2.24) is 14.9 Å². The summed E-state index contributed by atoms with van der Waals surface area (Å²) in [6.45, 7) is 11.8. The van der Waals surface area contributed by atoms with Crippen LogP contribution in [0.2, 0.25) is 25.7 Å². The second kappa shape index (κ2) is 9.53. The molecule has 0 aliphatic carbocycles. The number of nitrogens with two attached hydrogens (primary N) is 1. The zero-order valence-corrected chi connectivity index (χ0v) is 19.9. The van der Waals surface area contributed by atoms with Gasteiger partial charge in [-0.15, -0.1) is 0 Å². The van der Waals surface area contributed by atoms with Gasteiger partial charge in [-0.3, -0.25) is 4.79 Å². The van der Waals surface area contributed by atoms with Gasteiger partial charge in [0.05, 0.1) is 5.56 Å². The number of carbonyl (C=O) groups is 1. The Balaban J connectivity index is 1.89. The molecule has 3 aromatic rings. The van der Waals surface area contributed by atoms with Crippen LogP contribution in [0.4, 0.5) is 5.69 Å². The first-order valence-corrected chi connectivity index (χ1v) is 14.2. The topological polar surface area (TPSA) is 91.4 Å². The van der Waals surface area contributed by atoms with Crippen molar-refractivity contribution in [2.75, 3.05) is 12.3 Å². The van der Waals surface area contributed by atoms with Gasteiger partial charge in [-0.25, -0.2) is 0 Å². The van der Waals surface area contributed by atoms with Gasteiger partial charge in [0.2, 0.25) is 5.88 Å². The number of nitrogens with zero attached hydrogens (tertiary/aromatic N) is 2. The number of nitrogen functional groups attached to an aromatic ring is 1. The molecule has 166 valence electrons. The van der Waals surface area contributed by atoms with Crippen LogP contribution in [0.5, 0.6) is 11.6 Å². The fourth-order valence-corrected chi connectivity index (χ4v) is 3.82. The molecule has 0 saturated heterocycles.